The van der Waals surface area contributed by atoms with Crippen LogP contribution in [-0.4, -0.2) is 17.2 Å². The fourth-order valence-corrected chi connectivity index (χ4v) is 1.78. The van der Waals surface area contributed by atoms with Gasteiger partial charge >= 0.3 is 0 Å². The van der Waals surface area contributed by atoms with Gasteiger partial charge in [0.05, 0.1) is 0 Å². The largest absolute Gasteiger partial charge is 0.352 e. The van der Waals surface area contributed by atoms with E-state index in [9.17, 15) is 0 Å². The minimum Gasteiger partial charge on any atom is -0.352 e. The van der Waals surface area contributed by atoms with Gasteiger partial charge in [-0.15, -0.1) is 0 Å². The third-order valence-electron chi connectivity index (χ3n) is 3.10. The third kappa shape index (κ3) is 5.85. The van der Waals surface area contributed by atoms with E-state index in [4.69, 9.17) is 0 Å². The molecule has 0 aromatic rings. The van der Waals surface area contributed by atoms with Crippen LogP contribution in [0, 0.1) is 0 Å². The Morgan fingerprint density at radius 1 is 1.17 bits per heavy atom. The highest BCUT2D eigenvalue weighted by Crippen LogP contribution is 2.14. The Hall–Kier alpha value is -1.31. The van der Waals surface area contributed by atoms with Crippen LogP contribution >= 0.6 is 0 Å². The molecule has 0 heterocycles. The van der Waals surface area contributed by atoms with Gasteiger partial charge in [-0.25, -0.2) is 0 Å². The number of nitrogens with zero attached hydrogens (tertiary/aromatic N) is 2. The van der Waals surface area contributed by atoms with Gasteiger partial charge in [-0.3, -0.25) is 4.99 Å². The Morgan fingerprint density at radius 3 is 2.22 bits per heavy atom. The molecule has 18 heavy (non-hydrogen) atoms. The molecule has 0 aliphatic rings. The molecule has 0 spiro atoms. The fourth-order valence-electron chi connectivity index (χ4n) is 1.78. The second kappa shape index (κ2) is 8.73. The van der Waals surface area contributed by atoms with Crippen molar-refractivity contribution in [1.82, 2.24) is 4.90 Å². The standard InChI is InChI=1S/C16H28N2/c1-8-10-11-12-18(9-2)16(7)14(5)15(6)17-13(3)4/h9H,2-3,8,10-12H2,1,4-7H3/b16-14+,17-15?. The van der Waals surface area contributed by atoms with Crippen LogP contribution in [0.3, 0.4) is 0 Å². The molecule has 0 aromatic heterocycles. The summed E-state index contributed by atoms with van der Waals surface area (Å²) in [7, 11) is 0. The zero-order valence-electron chi connectivity index (χ0n) is 12.7. The Morgan fingerprint density at radius 2 is 1.78 bits per heavy atom. The van der Waals surface area contributed by atoms with Crippen LogP contribution in [0.5, 0.6) is 0 Å². The number of hydrogen-bond donors (Lipinski definition) is 0. The average molecular weight is 248 g/mol. The van der Waals surface area contributed by atoms with Gasteiger partial charge in [0.15, 0.2) is 0 Å². The van der Waals surface area contributed by atoms with E-state index in [1.54, 1.807) is 0 Å². The zero-order chi connectivity index (χ0) is 14.1. The fraction of sp³-hybridized carbons (Fsp3) is 0.562. The van der Waals surface area contributed by atoms with Crippen molar-refractivity contribution in [3.63, 3.8) is 0 Å². The van der Waals surface area contributed by atoms with Crippen molar-refractivity contribution < 1.29 is 0 Å². The van der Waals surface area contributed by atoms with Crippen LogP contribution in [0.15, 0.2) is 41.3 Å². The predicted molar refractivity (Wildman–Crippen MR) is 82.7 cm³/mol. The minimum absolute atomic E-state index is 0.843. The van der Waals surface area contributed by atoms with Gasteiger partial charge in [0.1, 0.15) is 0 Å². The average Bonchev–Trinajstić information content (AvgIpc) is 2.32. The van der Waals surface area contributed by atoms with Crippen molar-refractivity contribution in [1.29, 1.82) is 0 Å². The summed E-state index contributed by atoms with van der Waals surface area (Å²) in [4.78, 5) is 6.63. The summed E-state index contributed by atoms with van der Waals surface area (Å²) in [6.45, 7) is 19.1. The van der Waals surface area contributed by atoms with Crippen molar-refractivity contribution >= 4 is 5.71 Å². The van der Waals surface area contributed by atoms with Crippen molar-refractivity contribution in [2.45, 2.75) is 53.9 Å². The molecular weight excluding hydrogens is 220 g/mol. The highest BCUT2D eigenvalue weighted by atomic mass is 15.1. The van der Waals surface area contributed by atoms with E-state index in [0.717, 1.165) is 18.0 Å². The van der Waals surface area contributed by atoms with Crippen molar-refractivity contribution in [2.24, 2.45) is 4.99 Å². The lowest BCUT2D eigenvalue weighted by atomic mass is 10.1. The molecule has 102 valence electrons. The van der Waals surface area contributed by atoms with E-state index in [1.165, 1.54) is 30.5 Å². The molecule has 0 fully saturated rings. The van der Waals surface area contributed by atoms with E-state index in [2.05, 4.69) is 43.8 Å². The van der Waals surface area contributed by atoms with Crippen LogP contribution in [0.25, 0.3) is 0 Å². The summed E-state index contributed by atoms with van der Waals surface area (Å²) in [5.41, 5.74) is 4.30. The van der Waals surface area contributed by atoms with Gasteiger partial charge in [0.2, 0.25) is 0 Å². The molecule has 0 amide bonds. The molecule has 0 aromatic carbocycles. The van der Waals surface area contributed by atoms with Crippen molar-refractivity contribution in [3.05, 3.63) is 36.3 Å². The van der Waals surface area contributed by atoms with Gasteiger partial charge in [-0.05, 0) is 45.9 Å². The van der Waals surface area contributed by atoms with E-state index in [0.29, 0.717) is 0 Å². The van der Waals surface area contributed by atoms with Crippen molar-refractivity contribution in [3.8, 4) is 0 Å². The first-order chi connectivity index (χ1) is 8.43. The molecule has 0 bridgehead atoms. The number of unbranched alkanes of at least 4 members (excludes halogenated alkanes) is 2. The van der Waals surface area contributed by atoms with E-state index in [1.807, 2.05) is 20.0 Å². The Labute approximate surface area is 113 Å². The maximum Gasteiger partial charge on any atom is 0.0421 e. The second-order valence-electron chi connectivity index (χ2n) is 4.73. The summed E-state index contributed by atoms with van der Waals surface area (Å²) in [5.74, 6) is 0. The normalized spacial score (nSPS) is 13.1. The van der Waals surface area contributed by atoms with E-state index >= 15 is 0 Å². The van der Waals surface area contributed by atoms with Crippen LogP contribution in [0.2, 0.25) is 0 Å². The first-order valence-corrected chi connectivity index (χ1v) is 6.71. The Balaban J connectivity index is 4.87. The number of hydrogen-bond acceptors (Lipinski definition) is 2. The quantitative estimate of drug-likeness (QED) is 0.440. The lowest BCUT2D eigenvalue weighted by molar-refractivity contribution is 0.441. The highest BCUT2D eigenvalue weighted by molar-refractivity contribution is 5.98. The Bertz CT molecular complexity index is 348. The third-order valence-corrected chi connectivity index (χ3v) is 3.10. The SMILES string of the molecule is C=CN(CCCCC)/C(C)=C(\C)C(C)=NC(=C)C. The van der Waals surface area contributed by atoms with Gasteiger partial charge < -0.3 is 4.90 Å². The minimum atomic E-state index is 0.843. The number of allylic oxidation sites excluding steroid dienone is 3. The molecule has 0 aliphatic heterocycles. The molecule has 0 aliphatic carbocycles. The monoisotopic (exact) mass is 248 g/mol. The summed E-state index contributed by atoms with van der Waals surface area (Å²) in [6.07, 6.45) is 5.60. The molecular formula is C16H28N2. The van der Waals surface area contributed by atoms with Crippen LogP contribution < -0.4 is 0 Å². The van der Waals surface area contributed by atoms with Crippen LogP contribution in [-0.2, 0) is 0 Å². The van der Waals surface area contributed by atoms with E-state index < -0.39 is 0 Å². The number of rotatable bonds is 8. The Kier molecular flexibility index (Phi) is 8.10. The summed E-state index contributed by atoms with van der Waals surface area (Å²) in [5, 5.41) is 0. The maximum absolute atomic E-state index is 4.41. The summed E-state index contributed by atoms with van der Waals surface area (Å²) >= 11 is 0. The lowest BCUT2D eigenvalue weighted by Gasteiger charge is -2.23. The van der Waals surface area contributed by atoms with Crippen molar-refractivity contribution in [2.75, 3.05) is 6.54 Å². The molecule has 0 radical (unpaired) electrons. The molecule has 0 saturated heterocycles. The maximum atomic E-state index is 4.41. The molecule has 0 saturated carbocycles. The molecule has 0 atom stereocenters. The first kappa shape index (κ1) is 16.7. The van der Waals surface area contributed by atoms with Gasteiger partial charge in [-0.1, -0.05) is 32.9 Å². The van der Waals surface area contributed by atoms with Crippen LogP contribution in [0.1, 0.15) is 53.9 Å². The molecule has 2 nitrogen and oxygen atoms in total. The van der Waals surface area contributed by atoms with E-state index in [-0.39, 0.29) is 0 Å². The van der Waals surface area contributed by atoms with Gasteiger partial charge in [-0.2, -0.15) is 0 Å². The van der Waals surface area contributed by atoms with Crippen LogP contribution in [0.4, 0.5) is 0 Å². The zero-order valence-corrected chi connectivity index (χ0v) is 12.7. The smallest absolute Gasteiger partial charge is 0.0421 e. The molecule has 0 N–H and O–H groups in total. The van der Waals surface area contributed by atoms with Gasteiger partial charge in [0, 0.05) is 23.7 Å². The first-order valence-electron chi connectivity index (χ1n) is 6.71. The molecule has 2 heteroatoms. The second-order valence-corrected chi connectivity index (χ2v) is 4.73. The molecule has 0 unspecified atom stereocenters. The predicted octanol–water partition coefficient (Wildman–Crippen LogP) is 4.91. The number of aliphatic imine (C=N–C) groups is 1. The van der Waals surface area contributed by atoms with Gasteiger partial charge in [0.25, 0.3) is 0 Å². The lowest BCUT2D eigenvalue weighted by Crippen LogP contribution is -2.18. The topological polar surface area (TPSA) is 15.6 Å². The summed E-state index contributed by atoms with van der Waals surface area (Å²) in [6, 6.07) is 0. The highest BCUT2D eigenvalue weighted by Gasteiger charge is 2.07. The molecule has 0 rings (SSSR count). The summed E-state index contributed by atoms with van der Waals surface area (Å²) < 4.78 is 0.